The van der Waals surface area contributed by atoms with E-state index in [9.17, 15) is 14.4 Å². The lowest BCUT2D eigenvalue weighted by atomic mass is 9.73. The van der Waals surface area contributed by atoms with E-state index in [0.29, 0.717) is 37.3 Å². The van der Waals surface area contributed by atoms with Crippen molar-refractivity contribution in [3.8, 4) is 0 Å². The summed E-state index contributed by atoms with van der Waals surface area (Å²) in [6.07, 6.45) is 9.15. The maximum absolute atomic E-state index is 14.3. The second-order valence-electron chi connectivity index (χ2n) is 12.6. The standard InChI is InChI=1S/C32H44N4O5S/c1-20-7-4-10-24(21(20)2)34-30(38)28-32-12-11-25(41-32)26(29(37)33-22-8-5-9-23(19-22)42-3)27(32)31(39)36(28)14-6-13-35-15-17-40-18-16-35/h5,8-9,11-12,19-21,24-28H,4,6-7,10,13-18H2,1-3H3,(H,33,37)(H,34,38)/t20-,21-,24+,25-,26+,27-,28-,32-/m0/s1. The molecule has 2 N–H and O–H groups in total. The second kappa shape index (κ2) is 12.3. The SMILES string of the molecule is CSc1cccc(NC(=O)[C@@H]2[C@@H]3C=C[C@]4(O3)[C@@H]2C(=O)N(CCCN2CCOCC2)[C@H]4C(=O)N[C@@H]2CCC[C@H](C)[C@@H]2C)c1. The van der Waals surface area contributed by atoms with Gasteiger partial charge in [-0.3, -0.25) is 19.3 Å². The van der Waals surface area contributed by atoms with E-state index in [2.05, 4.69) is 29.4 Å². The number of rotatable bonds is 9. The first-order valence-corrected chi connectivity index (χ1v) is 16.8. The Morgan fingerprint density at radius 3 is 2.71 bits per heavy atom. The zero-order valence-corrected chi connectivity index (χ0v) is 25.7. The predicted molar refractivity (Wildman–Crippen MR) is 162 cm³/mol. The molecule has 1 aromatic carbocycles. The minimum absolute atomic E-state index is 0.0624. The zero-order valence-electron chi connectivity index (χ0n) is 24.9. The number of benzene rings is 1. The predicted octanol–water partition coefficient (Wildman–Crippen LogP) is 3.16. The molecule has 0 radical (unpaired) electrons. The number of amides is 3. The summed E-state index contributed by atoms with van der Waals surface area (Å²) in [4.78, 5) is 47.3. The van der Waals surface area contributed by atoms with Crippen molar-refractivity contribution in [1.82, 2.24) is 15.1 Å². The lowest BCUT2D eigenvalue weighted by molar-refractivity contribution is -0.141. The molecule has 6 rings (SSSR count). The van der Waals surface area contributed by atoms with Gasteiger partial charge in [-0.2, -0.15) is 0 Å². The monoisotopic (exact) mass is 596 g/mol. The van der Waals surface area contributed by atoms with E-state index in [4.69, 9.17) is 9.47 Å². The Labute approximate surface area is 253 Å². The normalized spacial score (nSPS) is 35.8. The molecule has 2 bridgehead atoms. The van der Waals surface area contributed by atoms with Crippen molar-refractivity contribution in [3.05, 3.63) is 36.4 Å². The molecule has 0 unspecified atom stereocenters. The molecule has 4 heterocycles. The number of thioether (sulfide) groups is 1. The van der Waals surface area contributed by atoms with Gasteiger partial charge in [-0.25, -0.2) is 0 Å². The molecule has 1 spiro atoms. The van der Waals surface area contributed by atoms with E-state index in [0.717, 1.165) is 43.8 Å². The Bertz CT molecular complexity index is 1220. The maximum atomic E-state index is 14.3. The minimum Gasteiger partial charge on any atom is -0.379 e. The number of carbonyl (C=O) groups is 3. The molecule has 5 aliphatic rings. The first-order valence-electron chi connectivity index (χ1n) is 15.6. The van der Waals surface area contributed by atoms with Crippen molar-refractivity contribution in [2.75, 3.05) is 51.0 Å². The average molecular weight is 597 g/mol. The van der Waals surface area contributed by atoms with Crippen LogP contribution in [0.5, 0.6) is 0 Å². The molecule has 1 aromatic rings. The van der Waals surface area contributed by atoms with E-state index in [1.165, 1.54) is 6.42 Å². The van der Waals surface area contributed by atoms with E-state index in [1.54, 1.807) is 16.7 Å². The van der Waals surface area contributed by atoms with E-state index >= 15 is 0 Å². The average Bonchev–Trinajstić information content (AvgIpc) is 3.63. The Morgan fingerprint density at radius 1 is 1.12 bits per heavy atom. The van der Waals surface area contributed by atoms with E-state index in [-0.39, 0.29) is 23.8 Å². The van der Waals surface area contributed by atoms with Crippen molar-refractivity contribution in [2.45, 2.75) is 68.2 Å². The summed E-state index contributed by atoms with van der Waals surface area (Å²) in [7, 11) is 0. The zero-order chi connectivity index (χ0) is 29.4. The topological polar surface area (TPSA) is 100 Å². The van der Waals surface area contributed by atoms with Gasteiger partial charge in [0.25, 0.3) is 0 Å². The quantitative estimate of drug-likeness (QED) is 0.334. The van der Waals surface area contributed by atoms with Crippen LogP contribution in [0.1, 0.15) is 39.5 Å². The number of hydrogen-bond acceptors (Lipinski definition) is 7. The fourth-order valence-electron chi connectivity index (χ4n) is 7.77. The minimum atomic E-state index is -1.14. The highest BCUT2D eigenvalue weighted by Gasteiger charge is 2.72. The third-order valence-corrected chi connectivity index (χ3v) is 11.0. The highest BCUT2D eigenvalue weighted by molar-refractivity contribution is 7.98. The molecule has 1 aliphatic carbocycles. The fraction of sp³-hybridized carbons (Fsp3) is 0.656. The number of ether oxygens (including phenoxy) is 2. The third-order valence-electron chi connectivity index (χ3n) is 10.3. The van der Waals surface area contributed by atoms with Gasteiger partial charge in [0.15, 0.2) is 0 Å². The summed E-state index contributed by atoms with van der Waals surface area (Å²) >= 11 is 1.60. The van der Waals surface area contributed by atoms with Crippen LogP contribution < -0.4 is 10.6 Å². The van der Waals surface area contributed by atoms with Crippen LogP contribution in [0.4, 0.5) is 5.69 Å². The van der Waals surface area contributed by atoms with Crippen LogP contribution in [0.25, 0.3) is 0 Å². The smallest absolute Gasteiger partial charge is 0.246 e. The van der Waals surface area contributed by atoms with Crippen LogP contribution in [0.15, 0.2) is 41.3 Å². The second-order valence-corrected chi connectivity index (χ2v) is 13.5. The number of likely N-dealkylation sites (tertiary alicyclic amines) is 1. The highest BCUT2D eigenvalue weighted by Crippen LogP contribution is 2.55. The summed E-state index contributed by atoms with van der Waals surface area (Å²) < 4.78 is 12.0. The van der Waals surface area contributed by atoms with E-state index < -0.39 is 29.6 Å². The summed E-state index contributed by atoms with van der Waals surface area (Å²) in [5.41, 5.74) is -0.451. The van der Waals surface area contributed by atoms with Crippen molar-refractivity contribution in [2.24, 2.45) is 23.7 Å². The van der Waals surface area contributed by atoms with Gasteiger partial charge in [-0.1, -0.05) is 44.9 Å². The lowest BCUT2D eigenvalue weighted by Gasteiger charge is -2.38. The molecule has 3 saturated heterocycles. The van der Waals surface area contributed by atoms with Crippen molar-refractivity contribution < 1.29 is 23.9 Å². The summed E-state index contributed by atoms with van der Waals surface area (Å²) in [6.45, 7) is 8.89. The first-order chi connectivity index (χ1) is 20.3. The number of anilines is 1. The summed E-state index contributed by atoms with van der Waals surface area (Å²) in [6, 6.07) is 6.94. The molecule has 0 aromatic heterocycles. The summed E-state index contributed by atoms with van der Waals surface area (Å²) in [5, 5.41) is 6.38. The Kier molecular flexibility index (Phi) is 8.69. The van der Waals surface area contributed by atoms with Crippen molar-refractivity contribution in [1.29, 1.82) is 0 Å². The Balaban J connectivity index is 1.25. The van der Waals surface area contributed by atoms with Crippen LogP contribution in [-0.4, -0.2) is 97.0 Å². The van der Waals surface area contributed by atoms with Crippen LogP contribution in [0.3, 0.4) is 0 Å². The molecule has 8 atom stereocenters. The Hall–Kier alpha value is -2.40. The lowest BCUT2D eigenvalue weighted by Crippen LogP contribution is -2.58. The fourth-order valence-corrected chi connectivity index (χ4v) is 8.23. The highest BCUT2D eigenvalue weighted by atomic mass is 32.2. The van der Waals surface area contributed by atoms with Gasteiger partial charge in [0, 0.05) is 42.8 Å². The number of fused-ring (bicyclic) bond motifs is 1. The van der Waals surface area contributed by atoms with Gasteiger partial charge in [0.1, 0.15) is 11.6 Å². The number of morpholine rings is 1. The first kappa shape index (κ1) is 29.7. The number of nitrogens with one attached hydrogen (secondary N) is 2. The summed E-state index contributed by atoms with van der Waals surface area (Å²) in [5.74, 6) is -1.12. The molecule has 10 heteroatoms. The number of carbonyl (C=O) groups excluding carboxylic acids is 3. The third kappa shape index (κ3) is 5.40. The van der Waals surface area contributed by atoms with Gasteiger partial charge in [-0.05, 0) is 49.1 Å². The molecule has 1 saturated carbocycles. The van der Waals surface area contributed by atoms with Gasteiger partial charge in [-0.15, -0.1) is 11.8 Å². The molecule has 4 fully saturated rings. The van der Waals surface area contributed by atoms with Crippen LogP contribution in [0, 0.1) is 23.7 Å². The Morgan fingerprint density at radius 2 is 1.93 bits per heavy atom. The number of nitrogens with zero attached hydrogens (tertiary/aromatic N) is 2. The van der Waals surface area contributed by atoms with E-state index in [1.807, 2.05) is 42.7 Å². The van der Waals surface area contributed by atoms with Gasteiger partial charge < -0.3 is 25.0 Å². The van der Waals surface area contributed by atoms with Crippen molar-refractivity contribution >= 4 is 35.2 Å². The van der Waals surface area contributed by atoms with Gasteiger partial charge >= 0.3 is 0 Å². The van der Waals surface area contributed by atoms with Crippen LogP contribution in [0.2, 0.25) is 0 Å². The van der Waals surface area contributed by atoms with Gasteiger partial charge in [0.2, 0.25) is 17.7 Å². The molecule has 42 heavy (non-hydrogen) atoms. The van der Waals surface area contributed by atoms with Crippen LogP contribution in [-0.2, 0) is 23.9 Å². The maximum Gasteiger partial charge on any atom is 0.246 e. The van der Waals surface area contributed by atoms with Crippen molar-refractivity contribution in [3.63, 3.8) is 0 Å². The largest absolute Gasteiger partial charge is 0.379 e. The van der Waals surface area contributed by atoms with Crippen LogP contribution >= 0.6 is 11.8 Å². The molecule has 228 valence electrons. The molecule has 3 amide bonds. The molecule has 4 aliphatic heterocycles. The molecule has 9 nitrogen and oxygen atoms in total. The molecular weight excluding hydrogens is 552 g/mol. The number of hydrogen-bond donors (Lipinski definition) is 2. The van der Waals surface area contributed by atoms with Gasteiger partial charge in [0.05, 0.1) is 31.2 Å². The molecular formula is C32H44N4O5S.